The Balaban J connectivity index is 1.66. The lowest BCUT2D eigenvalue weighted by atomic mass is 10.2. The SMILES string of the molecule is O=S(O)OCc1ccc(Nc2ccn(-c3ccccc3)n2)cc1. The zero-order valence-corrected chi connectivity index (χ0v) is 12.9. The second kappa shape index (κ2) is 7.19. The molecule has 0 saturated heterocycles. The van der Waals surface area contributed by atoms with Crippen LogP contribution in [0.25, 0.3) is 5.69 Å². The highest BCUT2D eigenvalue weighted by Gasteiger charge is 2.02. The molecule has 7 heteroatoms. The van der Waals surface area contributed by atoms with Crippen LogP contribution in [-0.4, -0.2) is 18.5 Å². The monoisotopic (exact) mass is 329 g/mol. The van der Waals surface area contributed by atoms with Crippen molar-refractivity contribution in [3.63, 3.8) is 0 Å². The average molecular weight is 329 g/mol. The standard InChI is InChI=1S/C16H15N3O3S/c20-23(21)22-12-13-6-8-14(9-7-13)17-16-10-11-19(18-16)15-4-2-1-3-5-15/h1-11H,12H2,(H,17,18)(H,20,21). The van der Waals surface area contributed by atoms with Gasteiger partial charge in [-0.2, -0.15) is 9.31 Å². The lowest BCUT2D eigenvalue weighted by Crippen LogP contribution is -1.98. The molecule has 0 aliphatic rings. The summed E-state index contributed by atoms with van der Waals surface area (Å²) in [5, 5.41) is 7.67. The fourth-order valence-electron chi connectivity index (χ4n) is 2.07. The normalized spacial score (nSPS) is 12.0. The highest BCUT2D eigenvalue weighted by molar-refractivity contribution is 7.74. The zero-order valence-electron chi connectivity index (χ0n) is 12.1. The molecule has 23 heavy (non-hydrogen) atoms. The van der Waals surface area contributed by atoms with Gasteiger partial charge in [0.2, 0.25) is 0 Å². The van der Waals surface area contributed by atoms with E-state index >= 15 is 0 Å². The zero-order chi connectivity index (χ0) is 16.1. The van der Waals surface area contributed by atoms with Crippen LogP contribution in [0.1, 0.15) is 5.56 Å². The number of para-hydroxylation sites is 1. The molecule has 0 radical (unpaired) electrons. The molecular weight excluding hydrogens is 314 g/mol. The fourth-order valence-corrected chi connectivity index (χ4v) is 2.30. The Hall–Kier alpha value is -2.48. The maximum absolute atomic E-state index is 10.5. The number of nitrogens with one attached hydrogen (secondary N) is 1. The van der Waals surface area contributed by atoms with E-state index in [-0.39, 0.29) is 6.61 Å². The molecule has 0 fully saturated rings. The van der Waals surface area contributed by atoms with Crippen LogP contribution < -0.4 is 5.32 Å². The van der Waals surface area contributed by atoms with Gasteiger partial charge in [0.05, 0.1) is 12.3 Å². The van der Waals surface area contributed by atoms with E-state index in [0.29, 0.717) is 0 Å². The molecule has 2 N–H and O–H groups in total. The molecule has 0 spiro atoms. The number of rotatable bonds is 6. The summed E-state index contributed by atoms with van der Waals surface area (Å²) >= 11 is -2.25. The van der Waals surface area contributed by atoms with Crippen molar-refractivity contribution in [1.29, 1.82) is 0 Å². The third kappa shape index (κ3) is 4.26. The molecule has 0 aliphatic carbocycles. The van der Waals surface area contributed by atoms with Crippen LogP contribution in [0.4, 0.5) is 11.5 Å². The lowest BCUT2D eigenvalue weighted by molar-refractivity contribution is 0.297. The molecule has 3 aromatic rings. The largest absolute Gasteiger partial charge is 0.339 e. The van der Waals surface area contributed by atoms with Crippen LogP contribution in [-0.2, 0) is 22.2 Å². The minimum absolute atomic E-state index is 0.0893. The second-order valence-corrected chi connectivity index (χ2v) is 5.45. The van der Waals surface area contributed by atoms with E-state index in [9.17, 15) is 4.21 Å². The molecule has 0 saturated carbocycles. The number of benzene rings is 2. The van der Waals surface area contributed by atoms with Gasteiger partial charge in [-0.1, -0.05) is 30.3 Å². The number of nitrogens with zero attached hydrogens (tertiary/aromatic N) is 2. The first-order valence-electron chi connectivity index (χ1n) is 6.92. The quantitative estimate of drug-likeness (QED) is 0.679. The van der Waals surface area contributed by atoms with Gasteiger partial charge in [0.1, 0.15) is 0 Å². The van der Waals surface area contributed by atoms with Crippen LogP contribution in [0.5, 0.6) is 0 Å². The van der Waals surface area contributed by atoms with Gasteiger partial charge >= 0.3 is 11.4 Å². The Kier molecular flexibility index (Phi) is 4.82. The molecule has 1 heterocycles. The van der Waals surface area contributed by atoms with E-state index in [1.54, 1.807) is 4.68 Å². The Morgan fingerprint density at radius 3 is 2.52 bits per heavy atom. The minimum atomic E-state index is -2.25. The van der Waals surface area contributed by atoms with Crippen LogP contribution in [0.15, 0.2) is 66.9 Å². The highest BCUT2D eigenvalue weighted by atomic mass is 32.2. The van der Waals surface area contributed by atoms with Crippen molar-refractivity contribution < 1.29 is 12.9 Å². The van der Waals surface area contributed by atoms with Crippen LogP contribution in [0, 0.1) is 0 Å². The second-order valence-electron chi connectivity index (χ2n) is 4.78. The fraction of sp³-hybridized carbons (Fsp3) is 0.0625. The summed E-state index contributed by atoms with van der Waals surface area (Å²) < 4.78 is 25.5. The van der Waals surface area contributed by atoms with Gasteiger partial charge < -0.3 is 5.32 Å². The van der Waals surface area contributed by atoms with Gasteiger partial charge in [-0.25, -0.2) is 4.68 Å². The van der Waals surface area contributed by atoms with E-state index in [0.717, 1.165) is 22.8 Å². The molecule has 2 aromatic carbocycles. The van der Waals surface area contributed by atoms with Crippen molar-refractivity contribution in [2.75, 3.05) is 5.32 Å². The molecule has 1 atom stereocenters. The summed E-state index contributed by atoms with van der Waals surface area (Å²) in [7, 11) is 0. The molecule has 118 valence electrons. The van der Waals surface area contributed by atoms with Gasteiger partial charge in [-0.3, -0.25) is 8.74 Å². The number of aromatic nitrogens is 2. The lowest BCUT2D eigenvalue weighted by Gasteiger charge is -2.05. The minimum Gasteiger partial charge on any atom is -0.339 e. The highest BCUT2D eigenvalue weighted by Crippen LogP contribution is 2.17. The molecule has 1 unspecified atom stereocenters. The van der Waals surface area contributed by atoms with E-state index in [1.165, 1.54) is 0 Å². The number of anilines is 2. The predicted octanol–water partition coefficient (Wildman–Crippen LogP) is 3.27. The van der Waals surface area contributed by atoms with E-state index in [2.05, 4.69) is 14.6 Å². The summed E-state index contributed by atoms with van der Waals surface area (Å²) in [6.45, 7) is 0.0893. The molecular formula is C16H15N3O3S. The number of hydrogen-bond acceptors (Lipinski definition) is 4. The van der Waals surface area contributed by atoms with Crippen molar-refractivity contribution in [3.05, 3.63) is 72.4 Å². The van der Waals surface area contributed by atoms with Crippen LogP contribution >= 0.6 is 0 Å². The Labute approximate surface area is 136 Å². The van der Waals surface area contributed by atoms with Crippen LogP contribution in [0.2, 0.25) is 0 Å². The summed E-state index contributed by atoms with van der Waals surface area (Å²) in [5.74, 6) is 0.731. The summed E-state index contributed by atoms with van der Waals surface area (Å²) in [6, 6.07) is 19.1. The van der Waals surface area contributed by atoms with Crippen molar-refractivity contribution >= 4 is 22.9 Å². The van der Waals surface area contributed by atoms with Gasteiger partial charge in [-0.15, -0.1) is 0 Å². The Morgan fingerprint density at radius 2 is 1.83 bits per heavy atom. The average Bonchev–Trinajstić information content (AvgIpc) is 3.03. The first-order valence-corrected chi connectivity index (χ1v) is 7.95. The van der Waals surface area contributed by atoms with Crippen molar-refractivity contribution in [1.82, 2.24) is 9.78 Å². The third-order valence-corrected chi connectivity index (χ3v) is 3.48. The molecule has 1 aromatic heterocycles. The summed E-state index contributed by atoms with van der Waals surface area (Å²) in [4.78, 5) is 0. The first kappa shape index (κ1) is 15.4. The summed E-state index contributed by atoms with van der Waals surface area (Å²) in [5.41, 5.74) is 2.68. The molecule has 0 aliphatic heterocycles. The van der Waals surface area contributed by atoms with Crippen molar-refractivity contribution in [2.45, 2.75) is 6.61 Å². The van der Waals surface area contributed by atoms with Gasteiger partial charge in [-0.05, 0) is 29.8 Å². The summed E-state index contributed by atoms with van der Waals surface area (Å²) in [6.07, 6.45) is 1.89. The molecule has 6 nitrogen and oxygen atoms in total. The maximum atomic E-state index is 10.5. The third-order valence-electron chi connectivity index (χ3n) is 3.16. The van der Waals surface area contributed by atoms with Crippen molar-refractivity contribution in [3.8, 4) is 5.69 Å². The Morgan fingerprint density at radius 1 is 1.09 bits per heavy atom. The van der Waals surface area contributed by atoms with Crippen molar-refractivity contribution in [2.24, 2.45) is 0 Å². The topological polar surface area (TPSA) is 76.4 Å². The van der Waals surface area contributed by atoms with E-state index in [1.807, 2.05) is 66.9 Å². The van der Waals surface area contributed by atoms with Gasteiger partial charge in [0.15, 0.2) is 5.82 Å². The molecule has 3 rings (SSSR count). The van der Waals surface area contributed by atoms with Gasteiger partial charge in [0.25, 0.3) is 0 Å². The Bertz CT molecular complexity index is 788. The van der Waals surface area contributed by atoms with E-state index < -0.39 is 11.4 Å². The maximum Gasteiger partial charge on any atom is 0.302 e. The van der Waals surface area contributed by atoms with E-state index in [4.69, 9.17) is 4.55 Å². The van der Waals surface area contributed by atoms with Gasteiger partial charge in [0, 0.05) is 18.0 Å². The van der Waals surface area contributed by atoms with Crippen LogP contribution in [0.3, 0.4) is 0 Å². The predicted molar refractivity (Wildman–Crippen MR) is 88.8 cm³/mol. The smallest absolute Gasteiger partial charge is 0.302 e. The number of hydrogen-bond donors (Lipinski definition) is 2. The molecule has 0 amide bonds. The first-order chi connectivity index (χ1) is 11.2. The molecule has 0 bridgehead atoms.